The van der Waals surface area contributed by atoms with Crippen molar-refractivity contribution in [2.75, 3.05) is 6.61 Å². The summed E-state index contributed by atoms with van der Waals surface area (Å²) < 4.78 is 8.53. The molecule has 106 valence electrons. The normalized spacial score (nSPS) is 24.8. The van der Waals surface area contributed by atoms with Gasteiger partial charge in [-0.15, -0.1) is 11.3 Å². The molecule has 4 heteroatoms. The SMILES string of the molecule is Cc1ccsc1-c1nccn1[C@@H]1COC2(CCCC2)C1. The molecule has 4 rings (SSSR count). The Morgan fingerprint density at radius 2 is 2.25 bits per heavy atom. The highest BCUT2D eigenvalue weighted by atomic mass is 32.1. The molecule has 1 saturated heterocycles. The number of thiophene rings is 1. The van der Waals surface area contributed by atoms with E-state index in [2.05, 4.69) is 34.1 Å². The second-order valence-electron chi connectivity index (χ2n) is 6.15. The maximum absolute atomic E-state index is 6.20. The maximum atomic E-state index is 6.20. The van der Waals surface area contributed by atoms with Crippen LogP contribution in [-0.4, -0.2) is 21.8 Å². The van der Waals surface area contributed by atoms with Crippen LogP contribution in [0.3, 0.4) is 0 Å². The number of aryl methyl sites for hydroxylation is 1. The van der Waals surface area contributed by atoms with Crippen LogP contribution >= 0.6 is 11.3 Å². The van der Waals surface area contributed by atoms with Gasteiger partial charge in [0, 0.05) is 12.4 Å². The largest absolute Gasteiger partial charge is 0.373 e. The highest BCUT2D eigenvalue weighted by Gasteiger charge is 2.43. The molecule has 1 aliphatic heterocycles. The quantitative estimate of drug-likeness (QED) is 0.828. The lowest BCUT2D eigenvalue weighted by molar-refractivity contribution is 0.00960. The fraction of sp³-hybridized carbons (Fsp3) is 0.562. The van der Waals surface area contributed by atoms with Crippen molar-refractivity contribution in [2.24, 2.45) is 0 Å². The molecule has 3 nitrogen and oxygen atoms in total. The van der Waals surface area contributed by atoms with E-state index in [-0.39, 0.29) is 5.60 Å². The zero-order chi connectivity index (χ0) is 13.6. The second-order valence-corrected chi connectivity index (χ2v) is 7.07. The summed E-state index contributed by atoms with van der Waals surface area (Å²) in [5.74, 6) is 1.11. The summed E-state index contributed by atoms with van der Waals surface area (Å²) >= 11 is 1.78. The van der Waals surface area contributed by atoms with E-state index in [4.69, 9.17) is 4.74 Å². The van der Waals surface area contributed by atoms with E-state index in [0.29, 0.717) is 6.04 Å². The van der Waals surface area contributed by atoms with Crippen LogP contribution in [-0.2, 0) is 4.74 Å². The van der Waals surface area contributed by atoms with Gasteiger partial charge in [0.15, 0.2) is 5.82 Å². The van der Waals surface area contributed by atoms with Crippen LogP contribution in [0.2, 0.25) is 0 Å². The van der Waals surface area contributed by atoms with E-state index in [1.165, 1.54) is 36.1 Å². The summed E-state index contributed by atoms with van der Waals surface area (Å²) in [5.41, 5.74) is 1.49. The molecule has 3 heterocycles. The Morgan fingerprint density at radius 3 is 3.00 bits per heavy atom. The zero-order valence-electron chi connectivity index (χ0n) is 11.8. The average molecular weight is 288 g/mol. The van der Waals surface area contributed by atoms with E-state index < -0.39 is 0 Å². The van der Waals surface area contributed by atoms with Gasteiger partial charge >= 0.3 is 0 Å². The Hall–Kier alpha value is -1.13. The van der Waals surface area contributed by atoms with E-state index in [1.54, 1.807) is 11.3 Å². The first-order chi connectivity index (χ1) is 9.77. The van der Waals surface area contributed by atoms with Crippen LogP contribution in [0.1, 0.15) is 43.7 Å². The smallest absolute Gasteiger partial charge is 0.150 e. The Bertz CT molecular complexity index is 610. The molecule has 1 atom stereocenters. The van der Waals surface area contributed by atoms with Crippen LogP contribution < -0.4 is 0 Å². The van der Waals surface area contributed by atoms with Gasteiger partial charge in [-0.2, -0.15) is 0 Å². The minimum absolute atomic E-state index is 0.177. The molecular weight excluding hydrogens is 268 g/mol. The summed E-state index contributed by atoms with van der Waals surface area (Å²) in [5, 5.41) is 2.15. The van der Waals surface area contributed by atoms with Crippen molar-refractivity contribution in [2.45, 2.75) is 50.7 Å². The minimum Gasteiger partial charge on any atom is -0.373 e. The Morgan fingerprint density at radius 1 is 1.40 bits per heavy atom. The van der Waals surface area contributed by atoms with E-state index in [0.717, 1.165) is 18.9 Å². The van der Waals surface area contributed by atoms with Crippen LogP contribution in [0.25, 0.3) is 10.7 Å². The molecule has 20 heavy (non-hydrogen) atoms. The second kappa shape index (κ2) is 4.71. The Kier molecular flexibility index (Phi) is 2.97. The first-order valence-corrected chi connectivity index (χ1v) is 8.37. The molecule has 0 N–H and O–H groups in total. The lowest BCUT2D eigenvalue weighted by atomic mass is 9.96. The summed E-state index contributed by atoms with van der Waals surface area (Å²) in [6.45, 7) is 3.00. The van der Waals surface area contributed by atoms with Gasteiger partial charge in [0.25, 0.3) is 0 Å². The van der Waals surface area contributed by atoms with Crippen molar-refractivity contribution in [1.29, 1.82) is 0 Å². The van der Waals surface area contributed by atoms with Crippen LogP contribution in [0.5, 0.6) is 0 Å². The van der Waals surface area contributed by atoms with E-state index in [9.17, 15) is 0 Å². The van der Waals surface area contributed by atoms with Gasteiger partial charge in [0.05, 0.1) is 23.1 Å². The minimum atomic E-state index is 0.177. The Balaban J connectivity index is 1.64. The first kappa shape index (κ1) is 12.6. The van der Waals surface area contributed by atoms with Gasteiger partial charge in [-0.3, -0.25) is 0 Å². The van der Waals surface area contributed by atoms with E-state index >= 15 is 0 Å². The molecule has 0 amide bonds. The number of imidazole rings is 1. The van der Waals surface area contributed by atoms with E-state index in [1.807, 2.05) is 6.20 Å². The van der Waals surface area contributed by atoms with Gasteiger partial charge in [-0.25, -0.2) is 4.98 Å². The fourth-order valence-corrected chi connectivity index (χ4v) is 4.68. The predicted octanol–water partition coefficient (Wildman–Crippen LogP) is 4.19. The van der Waals surface area contributed by atoms with Crippen molar-refractivity contribution < 1.29 is 4.74 Å². The maximum Gasteiger partial charge on any atom is 0.150 e. The number of hydrogen-bond donors (Lipinski definition) is 0. The molecule has 1 spiro atoms. The summed E-state index contributed by atoms with van der Waals surface area (Å²) in [4.78, 5) is 5.89. The molecule has 2 aromatic heterocycles. The lowest BCUT2D eigenvalue weighted by Crippen LogP contribution is -2.23. The molecule has 0 radical (unpaired) electrons. The molecule has 2 fully saturated rings. The number of aromatic nitrogens is 2. The third-order valence-corrected chi connectivity index (χ3v) is 5.84. The van der Waals surface area contributed by atoms with Crippen molar-refractivity contribution in [3.8, 4) is 10.7 Å². The molecule has 2 aliphatic rings. The standard InChI is InChI=1S/C16H20N2OS/c1-12-4-9-20-14(12)15-17-7-8-18(15)13-10-16(19-11-13)5-2-3-6-16/h4,7-9,13H,2-3,5-6,10-11H2,1H3/t13-/m0/s1. The molecule has 1 saturated carbocycles. The summed E-state index contributed by atoms with van der Waals surface area (Å²) in [7, 11) is 0. The third kappa shape index (κ3) is 1.93. The van der Waals surface area contributed by atoms with Gasteiger partial charge in [-0.1, -0.05) is 12.8 Å². The molecule has 0 unspecified atom stereocenters. The van der Waals surface area contributed by atoms with Crippen LogP contribution in [0, 0.1) is 6.92 Å². The van der Waals surface area contributed by atoms with Crippen molar-refractivity contribution in [3.63, 3.8) is 0 Å². The van der Waals surface area contributed by atoms with Crippen molar-refractivity contribution in [1.82, 2.24) is 9.55 Å². The molecular formula is C16H20N2OS. The summed E-state index contributed by atoms with van der Waals surface area (Å²) in [6.07, 6.45) is 10.3. The number of hydrogen-bond acceptors (Lipinski definition) is 3. The lowest BCUT2D eigenvalue weighted by Gasteiger charge is -2.21. The summed E-state index contributed by atoms with van der Waals surface area (Å²) in [6, 6.07) is 2.62. The molecule has 0 aromatic carbocycles. The molecule has 2 aromatic rings. The van der Waals surface area contributed by atoms with Crippen molar-refractivity contribution in [3.05, 3.63) is 29.4 Å². The van der Waals surface area contributed by atoms with Gasteiger partial charge < -0.3 is 9.30 Å². The number of nitrogens with zero attached hydrogens (tertiary/aromatic N) is 2. The fourth-order valence-electron chi connectivity index (χ4n) is 3.75. The first-order valence-electron chi connectivity index (χ1n) is 7.49. The highest BCUT2D eigenvalue weighted by molar-refractivity contribution is 7.13. The molecule has 0 bridgehead atoms. The Labute approximate surface area is 123 Å². The highest BCUT2D eigenvalue weighted by Crippen LogP contribution is 2.45. The topological polar surface area (TPSA) is 27.1 Å². The third-order valence-electron chi connectivity index (χ3n) is 4.83. The van der Waals surface area contributed by atoms with Gasteiger partial charge in [0.2, 0.25) is 0 Å². The van der Waals surface area contributed by atoms with Gasteiger partial charge in [-0.05, 0) is 43.2 Å². The monoisotopic (exact) mass is 288 g/mol. The predicted molar refractivity (Wildman–Crippen MR) is 81.1 cm³/mol. The van der Waals surface area contributed by atoms with Crippen molar-refractivity contribution >= 4 is 11.3 Å². The zero-order valence-corrected chi connectivity index (χ0v) is 12.7. The average Bonchev–Trinajstić information content (AvgIpc) is 3.19. The molecule has 1 aliphatic carbocycles. The van der Waals surface area contributed by atoms with Crippen LogP contribution in [0.15, 0.2) is 23.8 Å². The number of rotatable bonds is 2. The van der Waals surface area contributed by atoms with Crippen LogP contribution in [0.4, 0.5) is 0 Å². The van der Waals surface area contributed by atoms with Gasteiger partial charge in [0.1, 0.15) is 0 Å². The number of ether oxygens (including phenoxy) is 1.